The first-order valence-corrected chi connectivity index (χ1v) is 6.85. The molecule has 2 saturated heterocycles. The molecule has 120 valence electrons. The van der Waals surface area contributed by atoms with E-state index in [0.717, 1.165) is 19.4 Å². The fourth-order valence-electron chi connectivity index (χ4n) is 2.20. The van der Waals surface area contributed by atoms with E-state index in [4.69, 9.17) is 4.74 Å². The third-order valence-corrected chi connectivity index (χ3v) is 3.31. The minimum atomic E-state index is -0.334. The third kappa shape index (κ3) is 5.30. The van der Waals surface area contributed by atoms with Crippen molar-refractivity contribution in [3.05, 3.63) is 0 Å². The highest BCUT2D eigenvalue weighted by Crippen LogP contribution is 2.10. The first kappa shape index (κ1) is 18.0. The molecule has 0 bridgehead atoms. The number of aliphatic imine (C=N–C) groups is 1. The van der Waals surface area contributed by atoms with E-state index in [1.54, 1.807) is 7.05 Å². The van der Waals surface area contributed by atoms with Crippen LogP contribution < -0.4 is 16.0 Å². The highest BCUT2D eigenvalue weighted by atomic mass is 127. The second-order valence-electron chi connectivity index (χ2n) is 4.72. The second kappa shape index (κ2) is 9.03. The second-order valence-corrected chi connectivity index (χ2v) is 4.72. The Morgan fingerprint density at radius 1 is 1.48 bits per heavy atom. The van der Waals surface area contributed by atoms with E-state index in [-0.39, 0.29) is 48.6 Å². The van der Waals surface area contributed by atoms with E-state index < -0.39 is 0 Å². The van der Waals surface area contributed by atoms with Crippen LogP contribution in [0, 0.1) is 0 Å². The van der Waals surface area contributed by atoms with E-state index in [0.29, 0.717) is 25.6 Å². The van der Waals surface area contributed by atoms with Gasteiger partial charge in [0, 0.05) is 33.3 Å². The fourth-order valence-corrected chi connectivity index (χ4v) is 2.20. The number of nitrogens with zero attached hydrogens (tertiary/aromatic N) is 2. The van der Waals surface area contributed by atoms with Gasteiger partial charge < -0.3 is 20.7 Å². The quantitative estimate of drug-likeness (QED) is 0.246. The number of guanidine groups is 1. The number of amides is 3. The van der Waals surface area contributed by atoms with Gasteiger partial charge >= 0.3 is 6.03 Å². The molecular formula is C12H22IN5O3. The average molecular weight is 411 g/mol. The summed E-state index contributed by atoms with van der Waals surface area (Å²) in [5.41, 5.74) is 0. The lowest BCUT2D eigenvalue weighted by Crippen LogP contribution is -2.45. The number of halogens is 1. The molecule has 1 atom stereocenters. The lowest BCUT2D eigenvalue weighted by atomic mass is 10.2. The predicted octanol–water partition coefficient (Wildman–Crippen LogP) is -0.500. The molecule has 2 aliphatic heterocycles. The lowest BCUT2D eigenvalue weighted by molar-refractivity contribution is -0.124. The van der Waals surface area contributed by atoms with E-state index in [9.17, 15) is 9.59 Å². The Labute approximate surface area is 141 Å². The van der Waals surface area contributed by atoms with Crippen LogP contribution in [0.1, 0.15) is 12.8 Å². The summed E-state index contributed by atoms with van der Waals surface area (Å²) in [5, 5.41) is 8.72. The van der Waals surface area contributed by atoms with Crippen LogP contribution in [0.5, 0.6) is 0 Å². The van der Waals surface area contributed by atoms with Gasteiger partial charge in [0.05, 0.1) is 12.6 Å². The molecule has 2 fully saturated rings. The molecule has 0 radical (unpaired) electrons. The van der Waals surface area contributed by atoms with Gasteiger partial charge in [0.2, 0.25) is 5.91 Å². The molecule has 2 rings (SSSR count). The van der Waals surface area contributed by atoms with Gasteiger partial charge in [-0.1, -0.05) is 0 Å². The van der Waals surface area contributed by atoms with Crippen molar-refractivity contribution in [3.63, 3.8) is 0 Å². The van der Waals surface area contributed by atoms with Crippen molar-refractivity contribution in [1.29, 1.82) is 0 Å². The smallest absolute Gasteiger partial charge is 0.324 e. The Morgan fingerprint density at radius 2 is 2.29 bits per heavy atom. The fraction of sp³-hybridized carbons (Fsp3) is 0.750. The van der Waals surface area contributed by atoms with Crippen molar-refractivity contribution in [3.8, 4) is 0 Å². The van der Waals surface area contributed by atoms with Gasteiger partial charge in [-0.25, -0.2) is 4.79 Å². The first-order valence-electron chi connectivity index (χ1n) is 6.85. The normalized spacial score (nSPS) is 22.0. The highest BCUT2D eigenvalue weighted by molar-refractivity contribution is 14.0. The van der Waals surface area contributed by atoms with Gasteiger partial charge in [-0.15, -0.1) is 24.0 Å². The molecule has 3 N–H and O–H groups in total. The number of urea groups is 1. The zero-order chi connectivity index (χ0) is 14.4. The third-order valence-electron chi connectivity index (χ3n) is 3.31. The maximum Gasteiger partial charge on any atom is 0.324 e. The number of hydrogen-bond acceptors (Lipinski definition) is 4. The van der Waals surface area contributed by atoms with Crippen molar-refractivity contribution in [2.24, 2.45) is 4.99 Å². The molecule has 0 saturated carbocycles. The molecule has 21 heavy (non-hydrogen) atoms. The minimum absolute atomic E-state index is 0. The Bertz CT molecular complexity index is 382. The van der Waals surface area contributed by atoms with E-state index in [1.165, 1.54) is 4.90 Å². The van der Waals surface area contributed by atoms with Crippen molar-refractivity contribution in [2.75, 3.05) is 39.8 Å². The van der Waals surface area contributed by atoms with Gasteiger partial charge in [0.1, 0.15) is 0 Å². The molecule has 2 aliphatic rings. The molecular weight excluding hydrogens is 389 g/mol. The number of ether oxygens (including phenoxy) is 1. The van der Waals surface area contributed by atoms with Crippen molar-refractivity contribution >= 4 is 41.9 Å². The molecule has 3 amide bonds. The molecule has 0 aromatic carbocycles. The summed E-state index contributed by atoms with van der Waals surface area (Å²) in [6.07, 6.45) is 2.40. The van der Waals surface area contributed by atoms with Crippen LogP contribution in [0.3, 0.4) is 0 Å². The first-order chi connectivity index (χ1) is 9.70. The van der Waals surface area contributed by atoms with Gasteiger partial charge in [0.25, 0.3) is 0 Å². The standard InChI is InChI=1S/C12H21N5O3.HI/c1-13-11(15-7-9-3-2-6-20-9)14-4-5-17-10(18)8-16-12(17)19;/h9H,2-8H2,1H3,(H,16,19)(H2,13,14,15);1H. The Morgan fingerprint density at radius 3 is 2.86 bits per heavy atom. The van der Waals surface area contributed by atoms with Crippen LogP contribution in [0.15, 0.2) is 4.99 Å². The van der Waals surface area contributed by atoms with E-state index >= 15 is 0 Å². The average Bonchev–Trinajstić information content (AvgIpc) is 3.06. The Kier molecular flexibility index (Phi) is 7.72. The summed E-state index contributed by atoms with van der Waals surface area (Å²) < 4.78 is 5.51. The molecule has 0 aromatic rings. The largest absolute Gasteiger partial charge is 0.376 e. The van der Waals surface area contributed by atoms with E-state index in [2.05, 4.69) is 20.9 Å². The number of imide groups is 1. The monoisotopic (exact) mass is 411 g/mol. The number of nitrogens with one attached hydrogen (secondary N) is 3. The van der Waals surface area contributed by atoms with Crippen LogP contribution >= 0.6 is 24.0 Å². The number of rotatable bonds is 5. The van der Waals surface area contributed by atoms with Gasteiger partial charge in [-0.2, -0.15) is 0 Å². The molecule has 0 aliphatic carbocycles. The summed E-state index contributed by atoms with van der Waals surface area (Å²) in [5.74, 6) is 0.451. The molecule has 2 heterocycles. The summed E-state index contributed by atoms with van der Waals surface area (Å²) in [7, 11) is 1.68. The maximum atomic E-state index is 11.4. The molecule has 0 spiro atoms. The summed E-state index contributed by atoms with van der Waals surface area (Å²) in [6, 6.07) is -0.334. The SMILES string of the molecule is CN=C(NCCN1C(=O)CNC1=O)NCC1CCCO1.I. The summed E-state index contributed by atoms with van der Waals surface area (Å²) in [6.45, 7) is 2.41. The molecule has 8 nitrogen and oxygen atoms in total. The van der Waals surface area contributed by atoms with Gasteiger partial charge in [-0.05, 0) is 12.8 Å². The van der Waals surface area contributed by atoms with Gasteiger partial charge in [-0.3, -0.25) is 14.7 Å². The van der Waals surface area contributed by atoms with Crippen LogP contribution in [-0.2, 0) is 9.53 Å². The van der Waals surface area contributed by atoms with Crippen LogP contribution in [0.4, 0.5) is 4.79 Å². The minimum Gasteiger partial charge on any atom is -0.376 e. The Balaban J connectivity index is 0.00000220. The topological polar surface area (TPSA) is 95.1 Å². The van der Waals surface area contributed by atoms with Gasteiger partial charge in [0.15, 0.2) is 5.96 Å². The molecule has 1 unspecified atom stereocenters. The highest BCUT2D eigenvalue weighted by Gasteiger charge is 2.27. The maximum absolute atomic E-state index is 11.4. The number of hydrogen-bond donors (Lipinski definition) is 3. The summed E-state index contributed by atoms with van der Waals surface area (Å²) in [4.78, 5) is 28.0. The van der Waals surface area contributed by atoms with Crippen molar-refractivity contribution in [2.45, 2.75) is 18.9 Å². The molecule has 9 heteroatoms. The number of carbonyl (C=O) groups excluding carboxylic acids is 2. The lowest BCUT2D eigenvalue weighted by Gasteiger charge is -2.17. The van der Waals surface area contributed by atoms with Crippen molar-refractivity contribution < 1.29 is 14.3 Å². The zero-order valence-electron chi connectivity index (χ0n) is 12.1. The Hall–Kier alpha value is -1.10. The number of carbonyl (C=O) groups is 2. The van der Waals surface area contributed by atoms with Crippen LogP contribution in [0.2, 0.25) is 0 Å². The predicted molar refractivity (Wildman–Crippen MR) is 88.9 cm³/mol. The zero-order valence-corrected chi connectivity index (χ0v) is 14.4. The summed E-state index contributed by atoms with van der Waals surface area (Å²) >= 11 is 0. The van der Waals surface area contributed by atoms with Crippen molar-refractivity contribution in [1.82, 2.24) is 20.9 Å². The van der Waals surface area contributed by atoms with Crippen LogP contribution in [-0.4, -0.2) is 68.7 Å². The molecule has 0 aromatic heterocycles. The van der Waals surface area contributed by atoms with Crippen LogP contribution in [0.25, 0.3) is 0 Å². The van der Waals surface area contributed by atoms with E-state index in [1.807, 2.05) is 0 Å².